The number of halogens is 1. The van der Waals surface area contributed by atoms with Gasteiger partial charge in [0.2, 0.25) is 5.88 Å². The summed E-state index contributed by atoms with van der Waals surface area (Å²) in [5.41, 5.74) is 1.39. The summed E-state index contributed by atoms with van der Waals surface area (Å²) in [6.07, 6.45) is 6.82. The van der Waals surface area contributed by atoms with E-state index in [-0.39, 0.29) is 23.4 Å². The third-order valence-electron chi connectivity index (χ3n) is 7.91. The van der Waals surface area contributed by atoms with E-state index in [0.29, 0.717) is 23.1 Å². The fourth-order valence-corrected chi connectivity index (χ4v) is 5.94. The van der Waals surface area contributed by atoms with Crippen molar-refractivity contribution in [2.24, 2.45) is 0 Å². The van der Waals surface area contributed by atoms with Crippen LogP contribution in [0.2, 0.25) is 0 Å². The van der Waals surface area contributed by atoms with Gasteiger partial charge in [0.1, 0.15) is 11.9 Å². The Morgan fingerprint density at radius 1 is 1.08 bits per heavy atom. The molecule has 2 aromatic heterocycles. The molecule has 10 heteroatoms. The molecule has 188 valence electrons. The molecule has 1 aromatic carbocycles. The fourth-order valence-electron chi connectivity index (χ4n) is 5.94. The molecule has 2 aliphatic heterocycles. The van der Waals surface area contributed by atoms with Crippen LogP contribution < -0.4 is 15.0 Å². The Labute approximate surface area is 209 Å². The predicted molar refractivity (Wildman–Crippen MR) is 132 cm³/mol. The van der Waals surface area contributed by atoms with Crippen molar-refractivity contribution in [3.05, 3.63) is 36.7 Å². The number of nitrogens with one attached hydrogen (secondary N) is 1. The van der Waals surface area contributed by atoms with Gasteiger partial charge in [-0.25, -0.2) is 9.37 Å². The van der Waals surface area contributed by atoms with Gasteiger partial charge in [0.05, 0.1) is 31.1 Å². The largest absolute Gasteiger partial charge is 0.507 e. The molecule has 36 heavy (non-hydrogen) atoms. The molecule has 3 fully saturated rings. The van der Waals surface area contributed by atoms with Gasteiger partial charge in [-0.15, -0.1) is 15.3 Å². The average Bonchev–Trinajstić information content (AvgIpc) is 3.67. The van der Waals surface area contributed by atoms with Crippen molar-refractivity contribution in [1.82, 2.24) is 30.7 Å². The Morgan fingerprint density at radius 2 is 1.92 bits per heavy atom. The van der Waals surface area contributed by atoms with Crippen LogP contribution in [0.5, 0.6) is 11.6 Å². The summed E-state index contributed by atoms with van der Waals surface area (Å²) in [6.45, 7) is 4.19. The Hall–Kier alpha value is -3.40. The zero-order chi connectivity index (χ0) is 25.1. The highest BCUT2D eigenvalue weighted by Gasteiger charge is 2.58. The Morgan fingerprint density at radius 3 is 2.61 bits per heavy atom. The zero-order valence-corrected chi connectivity index (χ0v) is 20.6. The van der Waals surface area contributed by atoms with Crippen molar-refractivity contribution in [3.8, 4) is 34.1 Å². The number of rotatable bonds is 6. The number of phenolic OH excluding ortho intramolecular Hbond substituents is 1. The van der Waals surface area contributed by atoms with Crippen LogP contribution in [0.4, 0.5) is 10.2 Å². The number of alkyl halides is 1. The summed E-state index contributed by atoms with van der Waals surface area (Å²) < 4.78 is 21.0. The number of benzene rings is 1. The predicted octanol–water partition coefficient (Wildman–Crippen LogP) is 3.69. The van der Waals surface area contributed by atoms with E-state index < -0.39 is 11.7 Å². The molecule has 4 heterocycles. The maximum absolute atomic E-state index is 15.8. The molecule has 0 radical (unpaired) electrons. The summed E-state index contributed by atoms with van der Waals surface area (Å²) in [7, 11) is 1.52. The van der Waals surface area contributed by atoms with E-state index in [1.54, 1.807) is 30.6 Å². The van der Waals surface area contributed by atoms with Crippen LogP contribution >= 0.6 is 0 Å². The number of methoxy groups -OCH3 is 1. The SMILES string of the molecule is COc1cc(-c2ccc(-c3ncc(N(C4CC4)[C@@H]4C[C@@]5(C)CC[C@](C)(N5)[C@@H]4F)nn3)c(O)c2)cnn1. The lowest BCUT2D eigenvalue weighted by Gasteiger charge is -2.48. The number of aromatic nitrogens is 5. The minimum Gasteiger partial charge on any atom is -0.507 e. The molecule has 1 aliphatic carbocycles. The number of anilines is 1. The number of piperidine rings is 1. The van der Waals surface area contributed by atoms with Crippen molar-refractivity contribution in [2.75, 3.05) is 12.0 Å². The monoisotopic (exact) mass is 491 g/mol. The third kappa shape index (κ3) is 3.93. The van der Waals surface area contributed by atoms with Crippen molar-refractivity contribution < 1.29 is 14.2 Å². The highest BCUT2D eigenvalue weighted by Crippen LogP contribution is 2.47. The van der Waals surface area contributed by atoms with Crippen LogP contribution in [0.15, 0.2) is 36.7 Å². The number of phenols is 1. The van der Waals surface area contributed by atoms with E-state index in [9.17, 15) is 5.11 Å². The molecule has 2 saturated heterocycles. The van der Waals surface area contributed by atoms with Crippen molar-refractivity contribution >= 4 is 5.82 Å². The molecule has 2 bridgehead atoms. The number of aromatic hydroxyl groups is 1. The molecule has 0 amide bonds. The highest BCUT2D eigenvalue weighted by atomic mass is 19.1. The zero-order valence-electron chi connectivity index (χ0n) is 20.6. The Bertz CT molecular complexity index is 1290. The second-order valence-corrected chi connectivity index (χ2v) is 10.8. The van der Waals surface area contributed by atoms with Crippen LogP contribution in [-0.4, -0.2) is 66.9 Å². The summed E-state index contributed by atoms with van der Waals surface area (Å²) >= 11 is 0. The van der Waals surface area contributed by atoms with E-state index in [1.807, 2.05) is 13.0 Å². The molecule has 3 aromatic rings. The van der Waals surface area contributed by atoms with Gasteiger partial charge in [0, 0.05) is 28.7 Å². The summed E-state index contributed by atoms with van der Waals surface area (Å²) in [6, 6.07) is 6.96. The van der Waals surface area contributed by atoms with Crippen LogP contribution in [0.3, 0.4) is 0 Å². The number of nitrogens with zero attached hydrogens (tertiary/aromatic N) is 6. The van der Waals surface area contributed by atoms with Crippen molar-refractivity contribution in [3.63, 3.8) is 0 Å². The lowest BCUT2D eigenvalue weighted by atomic mass is 9.82. The maximum Gasteiger partial charge on any atom is 0.233 e. The quantitative estimate of drug-likeness (QED) is 0.533. The lowest BCUT2D eigenvalue weighted by Crippen LogP contribution is -2.66. The van der Waals surface area contributed by atoms with Crippen LogP contribution in [0, 0.1) is 0 Å². The lowest BCUT2D eigenvalue weighted by molar-refractivity contribution is 0.0831. The van der Waals surface area contributed by atoms with Crippen LogP contribution in [0.25, 0.3) is 22.5 Å². The minimum absolute atomic E-state index is 0.0245. The van der Waals surface area contributed by atoms with Crippen molar-refractivity contribution in [2.45, 2.75) is 75.3 Å². The molecule has 9 nitrogen and oxygen atoms in total. The molecule has 2 N–H and O–H groups in total. The van der Waals surface area contributed by atoms with Crippen LogP contribution in [-0.2, 0) is 0 Å². The smallest absolute Gasteiger partial charge is 0.233 e. The highest BCUT2D eigenvalue weighted by molar-refractivity contribution is 5.72. The molecule has 0 unspecified atom stereocenters. The first-order chi connectivity index (χ1) is 17.3. The average molecular weight is 492 g/mol. The standard InChI is InChI=1S/C26H30FN7O2/c1-25-8-9-26(2,33-25)23(27)19(12-25)34(17-5-6-17)21-14-28-24(32-30-21)18-7-4-15(10-20(18)35)16-11-22(36-3)31-29-13-16/h4,7,10-11,13-14,17,19,23,33,35H,5-6,8-9,12H2,1-3H3/t19-,23-,25-,26+/m1/s1. The van der Waals surface area contributed by atoms with Gasteiger partial charge in [0.25, 0.3) is 0 Å². The van der Waals surface area contributed by atoms with Gasteiger partial charge in [-0.2, -0.15) is 5.10 Å². The van der Waals surface area contributed by atoms with Gasteiger partial charge >= 0.3 is 0 Å². The van der Waals surface area contributed by atoms with E-state index in [2.05, 4.69) is 42.5 Å². The molecular formula is C26H30FN7O2. The molecular weight excluding hydrogens is 461 g/mol. The molecule has 1 saturated carbocycles. The first kappa shape index (κ1) is 23.0. The van der Waals surface area contributed by atoms with Gasteiger partial charge in [0.15, 0.2) is 11.6 Å². The first-order valence-electron chi connectivity index (χ1n) is 12.4. The summed E-state index contributed by atoms with van der Waals surface area (Å²) in [5.74, 6) is 1.31. The summed E-state index contributed by atoms with van der Waals surface area (Å²) in [4.78, 5) is 6.64. The first-order valence-corrected chi connectivity index (χ1v) is 12.4. The second kappa shape index (κ2) is 8.33. The fraction of sp³-hybridized carbons (Fsp3) is 0.500. The number of ether oxygens (including phenoxy) is 1. The van der Waals surface area contributed by atoms with Gasteiger partial charge in [-0.3, -0.25) is 0 Å². The molecule has 3 aliphatic rings. The maximum atomic E-state index is 15.8. The van der Waals surface area contributed by atoms with Crippen LogP contribution in [0.1, 0.15) is 46.0 Å². The number of hydrogen-bond acceptors (Lipinski definition) is 9. The number of hydrogen-bond donors (Lipinski definition) is 2. The topological polar surface area (TPSA) is 109 Å². The second-order valence-electron chi connectivity index (χ2n) is 10.8. The van der Waals surface area contributed by atoms with Gasteiger partial charge in [-0.1, -0.05) is 6.07 Å². The van der Waals surface area contributed by atoms with Crippen molar-refractivity contribution in [1.29, 1.82) is 0 Å². The van der Waals surface area contributed by atoms with E-state index in [1.165, 1.54) is 7.11 Å². The minimum atomic E-state index is -1.01. The molecule has 0 spiro atoms. The Balaban J connectivity index is 1.27. The third-order valence-corrected chi connectivity index (χ3v) is 7.91. The Kier molecular flexibility index (Phi) is 5.33. The van der Waals surface area contributed by atoms with Gasteiger partial charge < -0.3 is 20.1 Å². The summed E-state index contributed by atoms with van der Waals surface area (Å²) in [5, 5.41) is 30.9. The number of fused-ring (bicyclic) bond motifs is 2. The molecule has 4 atom stereocenters. The van der Waals surface area contributed by atoms with E-state index in [0.717, 1.165) is 43.2 Å². The van der Waals surface area contributed by atoms with E-state index in [4.69, 9.17) is 4.74 Å². The van der Waals surface area contributed by atoms with Gasteiger partial charge in [-0.05, 0) is 63.6 Å². The van der Waals surface area contributed by atoms with E-state index >= 15 is 4.39 Å². The normalized spacial score (nSPS) is 29.2. The molecule has 6 rings (SSSR count).